The molecule has 1 heterocycles. The Hall–Kier alpha value is -1.92. The Balaban J connectivity index is 2.17. The van der Waals surface area contributed by atoms with Gasteiger partial charge in [-0.2, -0.15) is 0 Å². The number of hydrogen-bond acceptors (Lipinski definition) is 6. The SMILES string of the molecule is COC(CNc1ccccc1-c1nnc(C)o1)OC. The molecule has 0 amide bonds. The van der Waals surface area contributed by atoms with Gasteiger partial charge in [0.25, 0.3) is 0 Å². The molecule has 102 valence electrons. The summed E-state index contributed by atoms with van der Waals surface area (Å²) in [6.07, 6.45) is -0.308. The van der Waals surface area contributed by atoms with E-state index in [0.29, 0.717) is 18.3 Å². The number of hydrogen-bond donors (Lipinski definition) is 1. The number of anilines is 1. The van der Waals surface area contributed by atoms with Gasteiger partial charge in [0.1, 0.15) is 0 Å². The van der Waals surface area contributed by atoms with Crippen molar-refractivity contribution in [3.63, 3.8) is 0 Å². The minimum Gasteiger partial charge on any atom is -0.421 e. The second-order valence-corrected chi connectivity index (χ2v) is 3.95. The summed E-state index contributed by atoms with van der Waals surface area (Å²) in [6, 6.07) is 7.72. The van der Waals surface area contributed by atoms with Crippen LogP contribution in [0, 0.1) is 6.92 Å². The van der Waals surface area contributed by atoms with E-state index in [-0.39, 0.29) is 6.29 Å². The molecule has 6 heteroatoms. The van der Waals surface area contributed by atoms with E-state index in [1.807, 2.05) is 24.3 Å². The standard InChI is InChI=1S/C13H17N3O3/c1-9-15-16-13(19-9)10-6-4-5-7-11(10)14-8-12(17-2)18-3/h4-7,12,14H,8H2,1-3H3. The third kappa shape index (κ3) is 3.30. The summed E-state index contributed by atoms with van der Waals surface area (Å²) >= 11 is 0. The summed E-state index contributed by atoms with van der Waals surface area (Å²) in [4.78, 5) is 0. The molecular formula is C13H17N3O3. The van der Waals surface area contributed by atoms with Gasteiger partial charge < -0.3 is 19.2 Å². The van der Waals surface area contributed by atoms with E-state index in [4.69, 9.17) is 13.9 Å². The van der Waals surface area contributed by atoms with Crippen molar-refractivity contribution in [3.05, 3.63) is 30.2 Å². The minimum atomic E-state index is -0.308. The van der Waals surface area contributed by atoms with Crippen LogP contribution < -0.4 is 5.32 Å². The van der Waals surface area contributed by atoms with Crippen molar-refractivity contribution in [2.24, 2.45) is 0 Å². The molecule has 0 atom stereocenters. The predicted molar refractivity (Wildman–Crippen MR) is 70.8 cm³/mol. The lowest BCUT2D eigenvalue weighted by Gasteiger charge is -2.16. The van der Waals surface area contributed by atoms with E-state index in [1.54, 1.807) is 21.1 Å². The average Bonchev–Trinajstić information content (AvgIpc) is 2.87. The molecule has 1 aromatic heterocycles. The molecule has 0 bridgehead atoms. The highest BCUT2D eigenvalue weighted by atomic mass is 16.7. The number of methoxy groups -OCH3 is 2. The van der Waals surface area contributed by atoms with Crippen molar-refractivity contribution in [1.82, 2.24) is 10.2 Å². The van der Waals surface area contributed by atoms with Crippen LogP contribution in [-0.4, -0.2) is 37.3 Å². The van der Waals surface area contributed by atoms with Gasteiger partial charge in [0, 0.05) is 26.8 Å². The number of nitrogens with one attached hydrogen (secondary N) is 1. The monoisotopic (exact) mass is 263 g/mol. The van der Waals surface area contributed by atoms with Crippen LogP contribution in [0.5, 0.6) is 0 Å². The first-order chi connectivity index (χ1) is 9.24. The molecular weight excluding hydrogens is 246 g/mol. The van der Waals surface area contributed by atoms with Gasteiger partial charge in [0.05, 0.1) is 12.1 Å². The van der Waals surface area contributed by atoms with Crippen molar-refractivity contribution < 1.29 is 13.9 Å². The lowest BCUT2D eigenvalue weighted by atomic mass is 10.2. The molecule has 0 aliphatic rings. The molecule has 2 rings (SSSR count). The number of benzene rings is 1. The average molecular weight is 263 g/mol. The number of nitrogens with zero attached hydrogens (tertiary/aromatic N) is 2. The fourth-order valence-corrected chi connectivity index (χ4v) is 1.69. The summed E-state index contributed by atoms with van der Waals surface area (Å²) in [5.41, 5.74) is 1.75. The number of aryl methyl sites for hydroxylation is 1. The predicted octanol–water partition coefficient (Wildman–Crippen LogP) is 2.08. The Morgan fingerprint density at radius 2 is 1.95 bits per heavy atom. The topological polar surface area (TPSA) is 69.4 Å². The third-order valence-corrected chi connectivity index (χ3v) is 2.67. The van der Waals surface area contributed by atoms with Crippen LogP contribution in [-0.2, 0) is 9.47 Å². The second-order valence-electron chi connectivity index (χ2n) is 3.95. The molecule has 1 N–H and O–H groups in total. The van der Waals surface area contributed by atoms with E-state index in [0.717, 1.165) is 11.3 Å². The highest BCUT2D eigenvalue weighted by Crippen LogP contribution is 2.26. The summed E-state index contributed by atoms with van der Waals surface area (Å²) < 4.78 is 15.7. The quantitative estimate of drug-likeness (QED) is 0.805. The van der Waals surface area contributed by atoms with Gasteiger partial charge in [0.15, 0.2) is 6.29 Å². The molecule has 0 fully saturated rings. The minimum absolute atomic E-state index is 0.308. The van der Waals surface area contributed by atoms with Crippen LogP contribution in [0.15, 0.2) is 28.7 Å². The molecule has 2 aromatic rings. The Bertz CT molecular complexity index is 523. The lowest BCUT2D eigenvalue weighted by molar-refractivity contribution is -0.0914. The molecule has 0 radical (unpaired) electrons. The molecule has 1 aromatic carbocycles. The molecule has 6 nitrogen and oxygen atoms in total. The maximum atomic E-state index is 5.44. The molecule has 0 unspecified atom stereocenters. The van der Waals surface area contributed by atoms with Crippen molar-refractivity contribution >= 4 is 5.69 Å². The molecule has 0 saturated carbocycles. The first-order valence-electron chi connectivity index (χ1n) is 5.93. The Morgan fingerprint density at radius 1 is 1.21 bits per heavy atom. The van der Waals surface area contributed by atoms with Gasteiger partial charge in [0.2, 0.25) is 11.8 Å². The van der Waals surface area contributed by atoms with E-state index in [9.17, 15) is 0 Å². The lowest BCUT2D eigenvalue weighted by Crippen LogP contribution is -2.23. The largest absolute Gasteiger partial charge is 0.421 e. The maximum absolute atomic E-state index is 5.44. The Kier molecular flexibility index (Phi) is 4.48. The van der Waals surface area contributed by atoms with Crippen molar-refractivity contribution in [2.75, 3.05) is 26.1 Å². The van der Waals surface area contributed by atoms with Crippen molar-refractivity contribution in [1.29, 1.82) is 0 Å². The summed E-state index contributed by atoms with van der Waals surface area (Å²) in [7, 11) is 3.20. The van der Waals surface area contributed by atoms with Crippen LogP contribution in [0.2, 0.25) is 0 Å². The zero-order chi connectivity index (χ0) is 13.7. The van der Waals surface area contributed by atoms with Crippen LogP contribution in [0.3, 0.4) is 0 Å². The normalized spacial score (nSPS) is 10.9. The Morgan fingerprint density at radius 3 is 2.58 bits per heavy atom. The first kappa shape index (κ1) is 13.5. The van der Waals surface area contributed by atoms with E-state index in [2.05, 4.69) is 15.5 Å². The van der Waals surface area contributed by atoms with E-state index < -0.39 is 0 Å². The molecule has 19 heavy (non-hydrogen) atoms. The Labute approximate surface area is 111 Å². The summed E-state index contributed by atoms with van der Waals surface area (Å²) in [5.74, 6) is 1.03. The molecule has 0 aliphatic heterocycles. The first-order valence-corrected chi connectivity index (χ1v) is 5.93. The highest BCUT2D eigenvalue weighted by molar-refractivity contribution is 5.72. The van der Waals surface area contributed by atoms with Gasteiger partial charge in [-0.15, -0.1) is 10.2 Å². The van der Waals surface area contributed by atoms with Gasteiger partial charge in [-0.05, 0) is 12.1 Å². The van der Waals surface area contributed by atoms with E-state index >= 15 is 0 Å². The van der Waals surface area contributed by atoms with Gasteiger partial charge in [-0.1, -0.05) is 12.1 Å². The molecule has 0 spiro atoms. The second kappa shape index (κ2) is 6.31. The van der Waals surface area contributed by atoms with Crippen LogP contribution in [0.1, 0.15) is 5.89 Å². The fraction of sp³-hybridized carbons (Fsp3) is 0.385. The smallest absolute Gasteiger partial charge is 0.249 e. The van der Waals surface area contributed by atoms with Crippen LogP contribution in [0.4, 0.5) is 5.69 Å². The third-order valence-electron chi connectivity index (χ3n) is 2.67. The summed E-state index contributed by atoms with van der Waals surface area (Å²) in [5, 5.41) is 11.1. The van der Waals surface area contributed by atoms with Crippen molar-refractivity contribution in [2.45, 2.75) is 13.2 Å². The highest BCUT2D eigenvalue weighted by Gasteiger charge is 2.12. The van der Waals surface area contributed by atoms with Gasteiger partial charge >= 0.3 is 0 Å². The van der Waals surface area contributed by atoms with Crippen LogP contribution in [0.25, 0.3) is 11.5 Å². The number of rotatable bonds is 6. The summed E-state index contributed by atoms with van der Waals surface area (Å²) in [6.45, 7) is 2.29. The number of para-hydroxylation sites is 1. The van der Waals surface area contributed by atoms with Gasteiger partial charge in [-0.3, -0.25) is 0 Å². The van der Waals surface area contributed by atoms with Crippen LogP contribution >= 0.6 is 0 Å². The van der Waals surface area contributed by atoms with Crippen molar-refractivity contribution in [3.8, 4) is 11.5 Å². The maximum Gasteiger partial charge on any atom is 0.249 e. The zero-order valence-corrected chi connectivity index (χ0v) is 11.2. The number of ether oxygens (including phenoxy) is 2. The zero-order valence-electron chi connectivity index (χ0n) is 11.2. The number of aromatic nitrogens is 2. The van der Waals surface area contributed by atoms with Gasteiger partial charge in [-0.25, -0.2) is 0 Å². The fourth-order valence-electron chi connectivity index (χ4n) is 1.69. The van der Waals surface area contributed by atoms with E-state index in [1.165, 1.54) is 0 Å². The molecule has 0 saturated heterocycles. The molecule has 0 aliphatic carbocycles.